The van der Waals surface area contributed by atoms with Crippen LogP contribution in [0.3, 0.4) is 0 Å². The second kappa shape index (κ2) is 8.32. The lowest BCUT2D eigenvalue weighted by Gasteiger charge is -2.13. The van der Waals surface area contributed by atoms with Crippen molar-refractivity contribution in [2.75, 3.05) is 13.7 Å². The molecule has 0 spiro atoms. The minimum atomic E-state index is -0.659. The van der Waals surface area contributed by atoms with E-state index in [9.17, 15) is 9.59 Å². The average Bonchev–Trinajstić information content (AvgIpc) is 3.38. The lowest BCUT2D eigenvalue weighted by molar-refractivity contribution is -0.122. The number of methoxy groups -OCH3 is 1. The Morgan fingerprint density at radius 3 is 2.70 bits per heavy atom. The van der Waals surface area contributed by atoms with E-state index in [4.69, 9.17) is 4.74 Å². The maximum atomic E-state index is 12.6. The van der Waals surface area contributed by atoms with E-state index in [0.717, 1.165) is 27.4 Å². The third-order valence-corrected chi connectivity index (χ3v) is 5.20. The molecule has 0 radical (unpaired) electrons. The number of benzene rings is 2. The summed E-state index contributed by atoms with van der Waals surface area (Å²) < 4.78 is 5.32. The Bertz CT molecular complexity index is 1210. The van der Waals surface area contributed by atoms with E-state index < -0.39 is 6.04 Å². The number of rotatable bonds is 7. The smallest absolute Gasteiger partial charge is 0.268 e. The van der Waals surface area contributed by atoms with Crippen molar-refractivity contribution in [3.8, 4) is 5.75 Å². The molecule has 2 amide bonds. The zero-order chi connectivity index (χ0) is 21.1. The van der Waals surface area contributed by atoms with Gasteiger partial charge in [-0.05, 0) is 43.2 Å². The number of amides is 2. The molecule has 2 heterocycles. The molecule has 0 aliphatic heterocycles. The van der Waals surface area contributed by atoms with Crippen molar-refractivity contribution in [3.05, 3.63) is 66.0 Å². The van der Waals surface area contributed by atoms with Crippen LogP contribution in [-0.2, 0) is 11.2 Å². The molecule has 2 aromatic heterocycles. The van der Waals surface area contributed by atoms with Gasteiger partial charge in [0.25, 0.3) is 5.91 Å². The lowest BCUT2D eigenvalue weighted by Crippen LogP contribution is -2.45. The van der Waals surface area contributed by atoms with Crippen molar-refractivity contribution in [1.82, 2.24) is 20.6 Å². The largest absolute Gasteiger partial charge is 0.496 e. The van der Waals surface area contributed by atoms with Crippen LogP contribution in [0, 0.1) is 0 Å². The fourth-order valence-electron chi connectivity index (χ4n) is 3.58. The van der Waals surface area contributed by atoms with Crippen molar-refractivity contribution < 1.29 is 14.3 Å². The van der Waals surface area contributed by atoms with Crippen LogP contribution in [0.25, 0.3) is 21.8 Å². The number of hydrogen-bond donors (Lipinski definition) is 4. The van der Waals surface area contributed by atoms with Gasteiger partial charge >= 0.3 is 0 Å². The minimum Gasteiger partial charge on any atom is -0.496 e. The molecule has 0 saturated carbocycles. The van der Waals surface area contributed by atoms with Gasteiger partial charge in [0.1, 0.15) is 17.5 Å². The van der Waals surface area contributed by atoms with Crippen LogP contribution in [-0.4, -0.2) is 41.5 Å². The highest BCUT2D eigenvalue weighted by atomic mass is 16.5. The maximum Gasteiger partial charge on any atom is 0.268 e. The van der Waals surface area contributed by atoms with E-state index >= 15 is 0 Å². The second-order valence-corrected chi connectivity index (χ2v) is 7.20. The molecule has 7 heteroatoms. The fraction of sp³-hybridized carbons (Fsp3) is 0.217. The summed E-state index contributed by atoms with van der Waals surface area (Å²) in [5, 5.41) is 7.60. The molecular weight excluding hydrogens is 380 g/mol. The van der Waals surface area contributed by atoms with Crippen LogP contribution in [0.4, 0.5) is 0 Å². The summed E-state index contributed by atoms with van der Waals surface area (Å²) in [6.45, 7) is 2.16. The number of aromatic amines is 2. The monoisotopic (exact) mass is 404 g/mol. The van der Waals surface area contributed by atoms with Crippen molar-refractivity contribution >= 4 is 33.6 Å². The van der Waals surface area contributed by atoms with Crippen LogP contribution < -0.4 is 15.4 Å². The number of hydrogen-bond acceptors (Lipinski definition) is 3. The molecule has 0 aliphatic rings. The molecular formula is C23H24N4O3. The van der Waals surface area contributed by atoms with Gasteiger partial charge < -0.3 is 25.3 Å². The van der Waals surface area contributed by atoms with E-state index in [-0.39, 0.29) is 11.8 Å². The standard InChI is InChI=1S/C23H24N4O3/c1-14(22(28)24-11-10-15-13-25-18-7-4-3-6-16(15)18)26-23(29)20-12-17-19(27-20)8-5-9-21(17)30-2/h3-9,12-14,25,27H,10-11H2,1-2H3,(H,24,28)(H,26,29)/t14-/m1/s1. The van der Waals surface area contributed by atoms with Gasteiger partial charge in [0, 0.05) is 34.5 Å². The van der Waals surface area contributed by atoms with Crippen molar-refractivity contribution in [2.24, 2.45) is 0 Å². The predicted molar refractivity (Wildman–Crippen MR) is 117 cm³/mol. The highest BCUT2D eigenvalue weighted by Gasteiger charge is 2.18. The number of H-pyrrole nitrogens is 2. The number of carbonyl (C=O) groups excluding carboxylic acids is 2. The zero-order valence-electron chi connectivity index (χ0n) is 16.9. The molecule has 154 valence electrons. The molecule has 0 aliphatic carbocycles. The Kier molecular flexibility index (Phi) is 5.43. The molecule has 0 fully saturated rings. The number of fused-ring (bicyclic) bond motifs is 2. The first-order valence-electron chi connectivity index (χ1n) is 9.86. The van der Waals surface area contributed by atoms with Crippen LogP contribution in [0.5, 0.6) is 5.75 Å². The third-order valence-electron chi connectivity index (χ3n) is 5.20. The molecule has 0 saturated heterocycles. The Balaban J connectivity index is 1.33. The second-order valence-electron chi connectivity index (χ2n) is 7.20. The van der Waals surface area contributed by atoms with Gasteiger partial charge in [-0.15, -0.1) is 0 Å². The Hall–Kier alpha value is -3.74. The van der Waals surface area contributed by atoms with Gasteiger partial charge in [-0.2, -0.15) is 0 Å². The highest BCUT2D eigenvalue weighted by Crippen LogP contribution is 2.26. The van der Waals surface area contributed by atoms with Crippen LogP contribution in [0.1, 0.15) is 23.0 Å². The quantitative estimate of drug-likeness (QED) is 0.381. The summed E-state index contributed by atoms with van der Waals surface area (Å²) >= 11 is 0. The zero-order valence-corrected chi connectivity index (χ0v) is 16.9. The minimum absolute atomic E-state index is 0.225. The van der Waals surface area contributed by atoms with Crippen LogP contribution in [0.15, 0.2) is 54.7 Å². The number of nitrogens with one attached hydrogen (secondary N) is 4. The Labute approximate surface area is 173 Å². The molecule has 0 bridgehead atoms. The highest BCUT2D eigenvalue weighted by molar-refractivity contribution is 6.01. The van der Waals surface area contributed by atoms with E-state index in [1.807, 2.05) is 42.6 Å². The number of carbonyl (C=O) groups is 2. The normalized spacial score (nSPS) is 12.1. The summed E-state index contributed by atoms with van der Waals surface area (Å²) in [6, 6.07) is 14.7. The number of aromatic nitrogens is 2. The molecule has 4 aromatic rings. The Morgan fingerprint density at radius 1 is 1.07 bits per heavy atom. The fourth-order valence-corrected chi connectivity index (χ4v) is 3.58. The summed E-state index contributed by atoms with van der Waals surface area (Å²) in [7, 11) is 1.59. The molecule has 4 rings (SSSR count). The van der Waals surface area contributed by atoms with Gasteiger partial charge in [0.2, 0.25) is 5.91 Å². The van der Waals surface area contributed by atoms with Crippen molar-refractivity contribution in [1.29, 1.82) is 0 Å². The van der Waals surface area contributed by atoms with Crippen LogP contribution in [0.2, 0.25) is 0 Å². The topological polar surface area (TPSA) is 99.0 Å². The van der Waals surface area contributed by atoms with E-state index in [1.54, 1.807) is 20.1 Å². The van der Waals surface area contributed by atoms with Gasteiger partial charge in [-0.3, -0.25) is 9.59 Å². The first-order chi connectivity index (χ1) is 14.6. The first kappa shape index (κ1) is 19.6. The summed E-state index contributed by atoms with van der Waals surface area (Å²) in [5.41, 5.74) is 3.41. The maximum absolute atomic E-state index is 12.6. The number of ether oxygens (including phenoxy) is 1. The third kappa shape index (κ3) is 3.87. The molecule has 7 nitrogen and oxygen atoms in total. The average molecular weight is 404 g/mol. The summed E-state index contributed by atoms with van der Waals surface area (Å²) in [4.78, 5) is 31.3. The summed E-state index contributed by atoms with van der Waals surface area (Å²) in [6.07, 6.45) is 2.67. The molecule has 30 heavy (non-hydrogen) atoms. The first-order valence-corrected chi connectivity index (χ1v) is 9.86. The molecule has 1 atom stereocenters. The number of para-hydroxylation sites is 1. The molecule has 0 unspecified atom stereocenters. The van der Waals surface area contributed by atoms with Crippen molar-refractivity contribution in [3.63, 3.8) is 0 Å². The lowest BCUT2D eigenvalue weighted by atomic mass is 10.1. The molecule has 2 aromatic carbocycles. The van der Waals surface area contributed by atoms with E-state index in [0.29, 0.717) is 24.4 Å². The van der Waals surface area contributed by atoms with Crippen molar-refractivity contribution in [2.45, 2.75) is 19.4 Å². The Morgan fingerprint density at radius 2 is 1.87 bits per heavy atom. The van der Waals surface area contributed by atoms with Gasteiger partial charge in [-0.25, -0.2) is 0 Å². The van der Waals surface area contributed by atoms with Gasteiger partial charge in [0.15, 0.2) is 0 Å². The van der Waals surface area contributed by atoms with E-state index in [1.165, 1.54) is 0 Å². The van der Waals surface area contributed by atoms with E-state index in [2.05, 4.69) is 26.7 Å². The molecule has 4 N–H and O–H groups in total. The predicted octanol–water partition coefficient (Wildman–Crippen LogP) is 3.14. The SMILES string of the molecule is COc1cccc2[nH]c(C(=O)N[C@H](C)C(=O)NCCc3c[nH]c4ccccc34)cc12. The van der Waals surface area contributed by atoms with Gasteiger partial charge in [0.05, 0.1) is 7.11 Å². The summed E-state index contributed by atoms with van der Waals surface area (Å²) in [5.74, 6) is 0.121. The van der Waals surface area contributed by atoms with Gasteiger partial charge in [-0.1, -0.05) is 24.3 Å². The van der Waals surface area contributed by atoms with Crippen LogP contribution >= 0.6 is 0 Å².